The number of likely N-dealkylation sites (tertiary alicyclic amines) is 1. The minimum Gasteiger partial charge on any atom is -0.479 e. The van der Waals surface area contributed by atoms with Crippen LogP contribution >= 0.6 is 0 Å². The van der Waals surface area contributed by atoms with Gasteiger partial charge in [-0.2, -0.15) is 0 Å². The van der Waals surface area contributed by atoms with Crippen LogP contribution in [0.4, 0.5) is 4.79 Å². The molecule has 3 fully saturated rings. The van der Waals surface area contributed by atoms with Crippen molar-refractivity contribution >= 4 is 29.8 Å². The summed E-state index contributed by atoms with van der Waals surface area (Å²) in [4.78, 5) is 71.4. The number of nitrogens with zero attached hydrogens (tertiary/aromatic N) is 2. The van der Waals surface area contributed by atoms with Crippen LogP contribution in [0.2, 0.25) is 0 Å². The molecular formula is C38H46N4O7. The summed E-state index contributed by atoms with van der Waals surface area (Å²) in [5.41, 5.74) is 0.0534. The predicted molar refractivity (Wildman–Crippen MR) is 182 cm³/mol. The molecule has 49 heavy (non-hydrogen) atoms. The van der Waals surface area contributed by atoms with Crippen molar-refractivity contribution in [3.8, 4) is 11.1 Å². The highest BCUT2D eigenvalue weighted by Gasteiger charge is 2.62. The van der Waals surface area contributed by atoms with Crippen LogP contribution in [0.5, 0.6) is 0 Å². The number of hydrogen-bond acceptors (Lipinski definition) is 6. The third-order valence-corrected chi connectivity index (χ3v) is 10.2. The second-order valence-corrected chi connectivity index (χ2v) is 14.8. The summed E-state index contributed by atoms with van der Waals surface area (Å²) in [6, 6.07) is 15.2. The fraction of sp³-hybridized carbons (Fsp3) is 0.500. The van der Waals surface area contributed by atoms with Crippen LogP contribution in [0, 0.1) is 17.8 Å². The maximum atomic E-state index is 14.4. The predicted octanol–water partition coefficient (Wildman–Crippen LogP) is 4.63. The molecule has 1 aliphatic carbocycles. The van der Waals surface area contributed by atoms with Crippen LogP contribution in [0.3, 0.4) is 0 Å². The van der Waals surface area contributed by atoms with E-state index in [1.807, 2.05) is 60.7 Å². The molecule has 3 heterocycles. The molecule has 4 amide bonds. The van der Waals surface area contributed by atoms with Crippen LogP contribution in [0.15, 0.2) is 66.7 Å². The number of hydrogen-bond donors (Lipinski definition) is 3. The molecule has 1 saturated carbocycles. The Labute approximate surface area is 287 Å². The Hall–Kier alpha value is -4.67. The largest absolute Gasteiger partial charge is 0.479 e. The molecule has 11 nitrogen and oxygen atoms in total. The molecule has 6 atom stereocenters. The summed E-state index contributed by atoms with van der Waals surface area (Å²) < 4.78 is 5.49. The van der Waals surface area contributed by atoms with Gasteiger partial charge in [-0.15, -0.1) is 0 Å². The number of carbonyl (C=O) groups is 5. The first-order valence-electron chi connectivity index (χ1n) is 17.3. The second-order valence-electron chi connectivity index (χ2n) is 14.8. The maximum absolute atomic E-state index is 14.4. The lowest BCUT2D eigenvalue weighted by Crippen LogP contribution is -2.58. The van der Waals surface area contributed by atoms with E-state index in [9.17, 15) is 29.1 Å². The van der Waals surface area contributed by atoms with Crippen LogP contribution in [0.1, 0.15) is 69.7 Å². The number of carbonyl (C=O) groups excluding carboxylic acids is 4. The van der Waals surface area contributed by atoms with Crippen molar-refractivity contribution in [3.05, 3.63) is 72.3 Å². The monoisotopic (exact) mass is 670 g/mol. The molecule has 0 unspecified atom stereocenters. The van der Waals surface area contributed by atoms with Crippen molar-refractivity contribution < 1.29 is 33.8 Å². The Balaban J connectivity index is 1.29. The number of benzene rings is 2. The van der Waals surface area contributed by atoms with Crippen LogP contribution in [0.25, 0.3) is 11.1 Å². The first kappa shape index (κ1) is 34.2. The molecule has 260 valence electrons. The normalized spacial score (nSPS) is 29.3. The molecular weight excluding hydrogens is 624 g/mol. The van der Waals surface area contributed by atoms with E-state index in [1.165, 1.54) is 4.90 Å². The fourth-order valence-corrected chi connectivity index (χ4v) is 7.70. The molecule has 11 heteroatoms. The summed E-state index contributed by atoms with van der Waals surface area (Å²) in [6.45, 7) is 5.99. The van der Waals surface area contributed by atoms with Gasteiger partial charge >= 0.3 is 12.1 Å². The first-order chi connectivity index (χ1) is 23.4. The van der Waals surface area contributed by atoms with Crippen molar-refractivity contribution in [2.45, 2.75) is 82.5 Å². The van der Waals surface area contributed by atoms with Gasteiger partial charge in [-0.3, -0.25) is 14.4 Å². The number of ether oxygens (including phenoxy) is 1. The lowest BCUT2D eigenvalue weighted by Gasteiger charge is -2.33. The zero-order chi connectivity index (χ0) is 34.9. The lowest BCUT2D eigenvalue weighted by atomic mass is 9.93. The summed E-state index contributed by atoms with van der Waals surface area (Å²) in [5.74, 6) is -3.22. The summed E-state index contributed by atoms with van der Waals surface area (Å²) in [6.07, 6.45) is 6.83. The van der Waals surface area contributed by atoms with Gasteiger partial charge in [0.25, 0.3) is 5.91 Å². The Morgan fingerprint density at radius 2 is 1.69 bits per heavy atom. The first-order valence-corrected chi connectivity index (χ1v) is 17.3. The van der Waals surface area contributed by atoms with E-state index < -0.39 is 53.0 Å². The van der Waals surface area contributed by atoms with Crippen molar-refractivity contribution in [2.75, 3.05) is 19.6 Å². The van der Waals surface area contributed by atoms with E-state index in [-0.39, 0.29) is 37.3 Å². The molecule has 2 saturated heterocycles. The summed E-state index contributed by atoms with van der Waals surface area (Å²) in [7, 11) is 0. The van der Waals surface area contributed by atoms with Crippen molar-refractivity contribution in [2.24, 2.45) is 17.8 Å². The number of fused-ring (bicyclic) bond motifs is 4. The van der Waals surface area contributed by atoms with E-state index in [0.717, 1.165) is 30.4 Å². The third kappa shape index (κ3) is 7.21. The van der Waals surface area contributed by atoms with Crippen molar-refractivity contribution in [1.82, 2.24) is 20.4 Å². The zero-order valence-electron chi connectivity index (χ0n) is 28.4. The van der Waals surface area contributed by atoms with Gasteiger partial charge in [-0.1, -0.05) is 73.5 Å². The molecule has 6 rings (SSSR count). The fourth-order valence-electron chi connectivity index (χ4n) is 7.70. The van der Waals surface area contributed by atoms with Gasteiger partial charge in [0.1, 0.15) is 23.2 Å². The molecule has 3 aliphatic heterocycles. The lowest BCUT2D eigenvalue weighted by molar-refractivity contribution is -0.146. The van der Waals surface area contributed by atoms with E-state index in [2.05, 4.69) is 10.6 Å². The highest BCUT2D eigenvalue weighted by molar-refractivity contribution is 6.01. The quantitative estimate of drug-likeness (QED) is 0.403. The highest BCUT2D eigenvalue weighted by Crippen LogP contribution is 2.46. The van der Waals surface area contributed by atoms with Crippen LogP contribution in [-0.2, 0) is 19.1 Å². The van der Waals surface area contributed by atoms with E-state index in [4.69, 9.17) is 4.74 Å². The SMILES string of the molecule is CC(C)(C)OC(=O)N[C@@H]1CCCCC/C=C\[C@@H]2C[C@@]2(C(=O)O)NC(=O)[C@@H]2[C@H]3CN(C(=O)c4ccccc4-c4ccccc4)C[C@H]3CN2C1=O. The molecule has 0 aromatic heterocycles. The zero-order valence-corrected chi connectivity index (χ0v) is 28.4. The maximum Gasteiger partial charge on any atom is 0.408 e. The number of nitrogens with one attached hydrogen (secondary N) is 2. The smallest absolute Gasteiger partial charge is 0.408 e. The number of amides is 4. The van der Waals surface area contributed by atoms with Crippen molar-refractivity contribution in [1.29, 1.82) is 0 Å². The number of alkyl carbamates (subject to hydrolysis) is 1. The van der Waals surface area contributed by atoms with Crippen LogP contribution in [-0.4, -0.2) is 87.5 Å². The Bertz CT molecular complexity index is 1640. The minimum absolute atomic E-state index is 0.164. The van der Waals surface area contributed by atoms with Crippen molar-refractivity contribution in [3.63, 3.8) is 0 Å². The van der Waals surface area contributed by atoms with Gasteiger partial charge in [-0.05, 0) is 63.6 Å². The Morgan fingerprint density at radius 3 is 2.43 bits per heavy atom. The Morgan fingerprint density at radius 1 is 0.959 bits per heavy atom. The van der Waals surface area contributed by atoms with E-state index in [0.29, 0.717) is 24.9 Å². The van der Waals surface area contributed by atoms with E-state index in [1.54, 1.807) is 31.7 Å². The molecule has 0 bridgehead atoms. The topological polar surface area (TPSA) is 145 Å². The molecule has 0 radical (unpaired) electrons. The minimum atomic E-state index is -1.45. The van der Waals surface area contributed by atoms with Crippen LogP contribution < -0.4 is 10.6 Å². The van der Waals surface area contributed by atoms with Gasteiger partial charge in [-0.25, -0.2) is 9.59 Å². The highest BCUT2D eigenvalue weighted by atomic mass is 16.6. The summed E-state index contributed by atoms with van der Waals surface area (Å²) >= 11 is 0. The average Bonchev–Trinajstić information content (AvgIpc) is 3.41. The number of allylic oxidation sites excluding steroid dienone is 1. The molecule has 3 N–H and O–H groups in total. The number of rotatable bonds is 4. The number of carboxylic acids is 1. The molecule has 4 aliphatic rings. The van der Waals surface area contributed by atoms with Gasteiger partial charge in [0, 0.05) is 43.0 Å². The average molecular weight is 671 g/mol. The standard InChI is InChI=1S/C38H46N4O7/c1-37(2,3)49-36(48)39-30-19-11-6-4-5-10-16-26-20-38(26,35(46)47)40-32(43)31-29-23-41(21-25(29)22-42(31)34(30)45)33(44)28-18-13-12-17-27(28)24-14-8-7-9-15-24/h7-10,12-18,25-26,29-31H,4-6,11,19-23H2,1-3H3,(H,39,48)(H,40,43)(H,46,47)/b16-10-/t25-,26+,29-,30+,31-,38+/m0/s1. The van der Waals surface area contributed by atoms with Gasteiger partial charge < -0.3 is 30.3 Å². The third-order valence-electron chi connectivity index (χ3n) is 10.2. The second kappa shape index (κ2) is 13.7. The molecule has 2 aromatic carbocycles. The summed E-state index contributed by atoms with van der Waals surface area (Å²) in [5, 5.41) is 15.8. The number of carboxylic acid groups (broad SMARTS) is 1. The van der Waals surface area contributed by atoms with E-state index >= 15 is 0 Å². The molecule has 0 spiro atoms. The molecule has 2 aromatic rings. The number of aliphatic carboxylic acids is 1. The van der Waals surface area contributed by atoms with Gasteiger partial charge in [0.15, 0.2) is 0 Å². The van der Waals surface area contributed by atoms with Gasteiger partial charge in [0.05, 0.1) is 0 Å². The Kier molecular flexibility index (Phi) is 9.55. The van der Waals surface area contributed by atoms with Gasteiger partial charge in [0.2, 0.25) is 11.8 Å².